The Labute approximate surface area is 218 Å². The van der Waals surface area contributed by atoms with Gasteiger partial charge in [0.2, 0.25) is 20.0 Å². The zero-order valence-electron chi connectivity index (χ0n) is 21.2. The third kappa shape index (κ3) is 7.31. The van der Waals surface area contributed by atoms with E-state index in [-0.39, 0.29) is 30.5 Å². The van der Waals surface area contributed by atoms with Crippen molar-refractivity contribution in [1.29, 1.82) is 0 Å². The van der Waals surface area contributed by atoms with Gasteiger partial charge in [-0.2, -0.15) is 0 Å². The van der Waals surface area contributed by atoms with Gasteiger partial charge in [0.25, 0.3) is 5.91 Å². The van der Waals surface area contributed by atoms with Crippen LogP contribution >= 0.6 is 0 Å². The highest BCUT2D eigenvalue weighted by Crippen LogP contribution is 2.23. The topological polar surface area (TPSA) is 113 Å². The minimum Gasteiger partial charge on any atom is -0.492 e. The lowest BCUT2D eigenvalue weighted by atomic mass is 10.1. The molecule has 3 rings (SSSR count). The van der Waals surface area contributed by atoms with Gasteiger partial charge in [-0.15, -0.1) is 0 Å². The molecule has 0 saturated heterocycles. The third-order valence-corrected chi connectivity index (χ3v) is 8.62. The number of anilines is 1. The number of sulfonamides is 2. The molecule has 1 amide bonds. The van der Waals surface area contributed by atoms with E-state index < -0.39 is 20.0 Å². The van der Waals surface area contributed by atoms with Gasteiger partial charge in [-0.1, -0.05) is 24.3 Å². The number of aryl methyl sites for hydroxylation is 1. The molecule has 0 aliphatic heterocycles. The maximum Gasteiger partial charge on any atom is 0.251 e. The lowest BCUT2D eigenvalue weighted by Gasteiger charge is -2.23. The molecule has 0 atom stereocenters. The second-order valence-corrected chi connectivity index (χ2v) is 12.7. The Balaban J connectivity index is 1.56. The van der Waals surface area contributed by atoms with Gasteiger partial charge in [-0.3, -0.25) is 9.10 Å². The summed E-state index contributed by atoms with van der Waals surface area (Å²) in [7, 11) is -4.13. The molecule has 0 unspecified atom stereocenters. The van der Waals surface area contributed by atoms with E-state index in [1.807, 2.05) is 31.2 Å². The molecule has 0 fully saturated rings. The first kappa shape index (κ1) is 28.2. The minimum atomic E-state index is -3.54. The molecule has 0 saturated carbocycles. The first-order valence-electron chi connectivity index (χ1n) is 11.5. The fourth-order valence-electron chi connectivity index (χ4n) is 3.48. The average molecular weight is 546 g/mol. The highest BCUT2D eigenvalue weighted by molar-refractivity contribution is 7.92. The molecule has 0 bridgehead atoms. The molecule has 0 aliphatic rings. The number of nitrogens with one attached hydrogen (secondary N) is 1. The summed E-state index contributed by atoms with van der Waals surface area (Å²) in [6, 6.07) is 20.0. The zero-order chi connectivity index (χ0) is 27.2. The number of ether oxygens (including phenoxy) is 1. The van der Waals surface area contributed by atoms with Crippen molar-refractivity contribution in [1.82, 2.24) is 9.62 Å². The van der Waals surface area contributed by atoms with Crippen LogP contribution in [0.4, 0.5) is 5.69 Å². The van der Waals surface area contributed by atoms with Crippen LogP contribution in [0.3, 0.4) is 0 Å². The van der Waals surface area contributed by atoms with Gasteiger partial charge in [0.1, 0.15) is 12.4 Å². The number of nitrogens with zero attached hydrogens (tertiary/aromatic N) is 2. The first-order valence-corrected chi connectivity index (χ1v) is 14.7. The van der Waals surface area contributed by atoms with E-state index in [2.05, 4.69) is 5.32 Å². The van der Waals surface area contributed by atoms with Gasteiger partial charge < -0.3 is 10.1 Å². The Morgan fingerprint density at radius 3 is 2.08 bits per heavy atom. The molecular weight excluding hydrogens is 514 g/mol. The molecule has 9 nitrogen and oxygen atoms in total. The van der Waals surface area contributed by atoms with Crippen LogP contribution in [0.15, 0.2) is 77.7 Å². The minimum absolute atomic E-state index is 0.162. The summed E-state index contributed by atoms with van der Waals surface area (Å²) in [6.45, 7) is 2.52. The van der Waals surface area contributed by atoms with Crippen molar-refractivity contribution in [2.24, 2.45) is 0 Å². The van der Waals surface area contributed by atoms with Crippen LogP contribution < -0.4 is 14.4 Å². The number of amides is 1. The van der Waals surface area contributed by atoms with Crippen LogP contribution in [0, 0.1) is 6.92 Å². The van der Waals surface area contributed by atoms with Gasteiger partial charge in [0.05, 0.1) is 29.9 Å². The van der Waals surface area contributed by atoms with Crippen molar-refractivity contribution in [3.8, 4) is 5.75 Å². The van der Waals surface area contributed by atoms with Crippen LogP contribution in [-0.4, -0.2) is 60.6 Å². The number of rotatable bonds is 11. The van der Waals surface area contributed by atoms with E-state index in [1.165, 1.54) is 30.5 Å². The maximum atomic E-state index is 12.5. The van der Waals surface area contributed by atoms with Gasteiger partial charge in [0.15, 0.2) is 0 Å². The second-order valence-electron chi connectivity index (χ2n) is 8.61. The molecular formula is C26H31N3O6S2. The predicted molar refractivity (Wildman–Crippen MR) is 144 cm³/mol. The van der Waals surface area contributed by atoms with Crippen LogP contribution in [0.25, 0.3) is 0 Å². The molecule has 37 heavy (non-hydrogen) atoms. The maximum absolute atomic E-state index is 12.5. The highest BCUT2D eigenvalue weighted by atomic mass is 32.2. The molecule has 0 aliphatic carbocycles. The fourth-order valence-corrected chi connectivity index (χ4v) is 5.26. The Kier molecular flexibility index (Phi) is 8.95. The first-order chi connectivity index (χ1) is 17.4. The molecule has 0 aromatic heterocycles. The Morgan fingerprint density at radius 1 is 0.892 bits per heavy atom. The van der Waals surface area contributed by atoms with Gasteiger partial charge in [0, 0.05) is 19.7 Å². The molecule has 3 aromatic rings. The molecule has 0 spiro atoms. The van der Waals surface area contributed by atoms with E-state index in [1.54, 1.807) is 36.4 Å². The fraction of sp³-hybridized carbons (Fsp3) is 0.269. The van der Waals surface area contributed by atoms with Crippen molar-refractivity contribution in [2.75, 3.05) is 37.8 Å². The number of carbonyl (C=O) groups is 1. The van der Waals surface area contributed by atoms with Crippen LogP contribution in [0.1, 0.15) is 21.5 Å². The summed E-state index contributed by atoms with van der Waals surface area (Å²) in [5.41, 5.74) is 2.73. The van der Waals surface area contributed by atoms with Crippen molar-refractivity contribution in [2.45, 2.75) is 18.4 Å². The van der Waals surface area contributed by atoms with E-state index in [4.69, 9.17) is 4.74 Å². The molecule has 198 valence electrons. The highest BCUT2D eigenvalue weighted by Gasteiger charge is 2.19. The molecule has 0 radical (unpaired) electrons. The summed E-state index contributed by atoms with van der Waals surface area (Å²) < 4.78 is 57.2. The van der Waals surface area contributed by atoms with Crippen molar-refractivity contribution < 1.29 is 26.4 Å². The summed E-state index contributed by atoms with van der Waals surface area (Å²) in [4.78, 5) is 12.7. The lowest BCUT2D eigenvalue weighted by Crippen LogP contribution is -2.30. The van der Waals surface area contributed by atoms with Gasteiger partial charge >= 0.3 is 0 Å². The number of hydrogen-bond donors (Lipinski definition) is 1. The standard InChI is InChI=1S/C26H31N3O6S2/c1-20-7-5-6-8-22(20)19-29(36(4,31)32)23-11-9-21(10-12-23)26(30)27-17-18-35-24-13-15-25(16-14-24)37(33,34)28(2)3/h5-16H,17-19H2,1-4H3,(H,27,30). The van der Waals surface area contributed by atoms with E-state index >= 15 is 0 Å². The largest absolute Gasteiger partial charge is 0.492 e. The summed E-state index contributed by atoms with van der Waals surface area (Å²) in [6.07, 6.45) is 1.15. The Morgan fingerprint density at radius 2 is 1.51 bits per heavy atom. The molecule has 3 aromatic carbocycles. The number of hydrogen-bond acceptors (Lipinski definition) is 6. The monoisotopic (exact) mass is 545 g/mol. The summed E-state index contributed by atoms with van der Waals surface area (Å²) >= 11 is 0. The lowest BCUT2D eigenvalue weighted by molar-refractivity contribution is 0.0947. The predicted octanol–water partition coefficient (Wildman–Crippen LogP) is 3.02. The molecule has 1 N–H and O–H groups in total. The SMILES string of the molecule is Cc1ccccc1CN(c1ccc(C(=O)NCCOc2ccc(S(=O)(=O)N(C)C)cc2)cc1)S(C)(=O)=O. The molecule has 0 heterocycles. The van der Waals surface area contributed by atoms with E-state index in [0.717, 1.165) is 21.7 Å². The van der Waals surface area contributed by atoms with Gasteiger partial charge in [-0.25, -0.2) is 21.1 Å². The van der Waals surface area contributed by atoms with Gasteiger partial charge in [-0.05, 0) is 66.6 Å². The Bertz CT molecular complexity index is 1440. The zero-order valence-corrected chi connectivity index (χ0v) is 22.8. The quantitative estimate of drug-likeness (QED) is 0.371. The summed E-state index contributed by atoms with van der Waals surface area (Å²) in [5.74, 6) is 0.151. The van der Waals surface area contributed by atoms with Crippen LogP contribution in [0.2, 0.25) is 0 Å². The molecule has 11 heteroatoms. The smallest absolute Gasteiger partial charge is 0.251 e. The Hall–Kier alpha value is -3.41. The number of benzene rings is 3. The van der Waals surface area contributed by atoms with Crippen LogP contribution in [0.5, 0.6) is 5.75 Å². The normalized spacial score (nSPS) is 11.8. The number of carbonyl (C=O) groups excluding carboxylic acids is 1. The van der Waals surface area contributed by atoms with Crippen molar-refractivity contribution in [3.63, 3.8) is 0 Å². The van der Waals surface area contributed by atoms with Crippen molar-refractivity contribution >= 4 is 31.6 Å². The van der Waals surface area contributed by atoms with Crippen LogP contribution in [-0.2, 0) is 26.6 Å². The average Bonchev–Trinajstić information content (AvgIpc) is 2.85. The van der Waals surface area contributed by atoms with E-state index in [9.17, 15) is 21.6 Å². The van der Waals surface area contributed by atoms with Crippen molar-refractivity contribution in [3.05, 3.63) is 89.5 Å². The van der Waals surface area contributed by atoms with E-state index in [0.29, 0.717) is 17.0 Å². The third-order valence-electron chi connectivity index (χ3n) is 5.65. The summed E-state index contributed by atoms with van der Waals surface area (Å²) in [5, 5.41) is 2.75. The second kappa shape index (κ2) is 11.8.